The van der Waals surface area contributed by atoms with Crippen LogP contribution in [0.15, 0.2) is 35.3 Å². The Morgan fingerprint density at radius 2 is 1.78 bits per heavy atom. The Morgan fingerprint density at radius 3 is 2.38 bits per heavy atom. The summed E-state index contributed by atoms with van der Waals surface area (Å²) in [6.07, 6.45) is 0.968. The number of fused-ring (bicyclic) bond motifs is 1. The molecule has 3 aromatic rings. The number of pyridine rings is 1. The summed E-state index contributed by atoms with van der Waals surface area (Å²) in [6.45, 7) is 7.11. The number of aromatic nitrogens is 1. The highest BCUT2D eigenvalue weighted by Gasteiger charge is 2.24. The lowest BCUT2D eigenvalue weighted by molar-refractivity contribution is 0.0524. The van der Waals surface area contributed by atoms with E-state index in [4.69, 9.17) is 4.74 Å². The average Bonchev–Trinajstić information content (AvgIpc) is 2.69. The van der Waals surface area contributed by atoms with E-state index in [1.807, 2.05) is 19.6 Å². The van der Waals surface area contributed by atoms with E-state index in [9.17, 15) is 27.2 Å². The molecule has 0 atom stereocenters. The number of esters is 1. The Bertz CT molecular complexity index is 1360. The van der Waals surface area contributed by atoms with Crippen molar-refractivity contribution in [1.82, 2.24) is 4.57 Å². The number of hydrogen-bond acceptors (Lipinski definition) is 3. The summed E-state index contributed by atoms with van der Waals surface area (Å²) in [5, 5.41) is -0.391. The van der Waals surface area contributed by atoms with Crippen molar-refractivity contribution >= 4 is 24.9 Å². The Kier molecular flexibility index (Phi) is 6.28. The molecule has 1 aromatic heterocycles. The first kappa shape index (κ1) is 23.3. The molecule has 9 heteroatoms. The fourth-order valence-electron chi connectivity index (χ4n) is 3.02. The minimum absolute atomic E-state index is 0.0497. The molecule has 0 spiro atoms. The molecule has 4 nitrogen and oxygen atoms in total. The van der Waals surface area contributed by atoms with Gasteiger partial charge in [-0.25, -0.2) is 22.4 Å². The lowest BCUT2D eigenvalue weighted by atomic mass is 10.0. The van der Waals surface area contributed by atoms with Crippen LogP contribution in [0.1, 0.15) is 22.8 Å². The van der Waals surface area contributed by atoms with E-state index in [-0.39, 0.29) is 17.8 Å². The molecule has 0 saturated heterocycles. The maximum atomic E-state index is 14.9. The van der Waals surface area contributed by atoms with E-state index in [0.717, 1.165) is 22.9 Å². The van der Waals surface area contributed by atoms with Gasteiger partial charge in [-0.2, -0.15) is 0 Å². The minimum Gasteiger partial charge on any atom is -0.462 e. The first-order chi connectivity index (χ1) is 14.9. The number of nitrogens with zero attached hydrogens (tertiary/aromatic N) is 1. The second-order valence-corrected chi connectivity index (χ2v) is 12.8. The van der Waals surface area contributed by atoms with Crippen molar-refractivity contribution in [2.75, 3.05) is 6.61 Å². The zero-order chi connectivity index (χ0) is 23.8. The summed E-state index contributed by atoms with van der Waals surface area (Å²) >= 11 is 0. The third-order valence-electron chi connectivity index (χ3n) is 4.41. The van der Waals surface area contributed by atoms with Crippen LogP contribution in [0.25, 0.3) is 16.6 Å². The summed E-state index contributed by atoms with van der Waals surface area (Å²) in [4.78, 5) is 25.3. The number of carbonyl (C=O) groups is 1. The van der Waals surface area contributed by atoms with Gasteiger partial charge in [-0.1, -0.05) is 25.6 Å². The molecule has 0 fully saturated rings. The minimum atomic E-state index is -2.07. The van der Waals surface area contributed by atoms with Crippen molar-refractivity contribution in [3.8, 4) is 17.2 Å². The molecule has 2 aromatic carbocycles. The Hall–Kier alpha value is -3.38. The maximum Gasteiger partial charge on any atom is 0.343 e. The van der Waals surface area contributed by atoms with Crippen LogP contribution in [0.2, 0.25) is 19.6 Å². The van der Waals surface area contributed by atoms with Crippen molar-refractivity contribution in [2.24, 2.45) is 0 Å². The zero-order valence-electron chi connectivity index (χ0n) is 17.8. The number of halogens is 4. The molecule has 0 aliphatic carbocycles. The first-order valence-electron chi connectivity index (χ1n) is 9.67. The highest BCUT2D eigenvalue weighted by atomic mass is 28.3. The third kappa shape index (κ3) is 4.45. The first-order valence-corrected chi connectivity index (χ1v) is 13.2. The van der Waals surface area contributed by atoms with Crippen molar-refractivity contribution in [3.05, 3.63) is 75.1 Å². The van der Waals surface area contributed by atoms with Crippen LogP contribution in [0.5, 0.6) is 0 Å². The topological polar surface area (TPSA) is 48.3 Å². The molecule has 0 aliphatic heterocycles. The van der Waals surface area contributed by atoms with Gasteiger partial charge in [-0.15, -0.1) is 5.54 Å². The summed E-state index contributed by atoms with van der Waals surface area (Å²) in [5.74, 6) is -2.98. The van der Waals surface area contributed by atoms with Gasteiger partial charge in [0.05, 0.1) is 28.8 Å². The number of benzene rings is 2. The van der Waals surface area contributed by atoms with Crippen LogP contribution < -0.4 is 5.43 Å². The second kappa shape index (κ2) is 8.63. The standard InChI is InChI=1S/C23H19F4NO3Si/c1-5-31-23(30)16-12-28(19-7-6-13(24)10-17(19)25)21-14(8-9-32(2,3)4)20(27)18(26)11-15(21)22(16)29/h6-7,10-12H,5H2,1-4H3. The third-order valence-corrected chi connectivity index (χ3v) is 5.28. The second-order valence-electron chi connectivity index (χ2n) is 8.00. The van der Waals surface area contributed by atoms with E-state index in [1.54, 1.807) is 0 Å². The summed E-state index contributed by atoms with van der Waals surface area (Å²) in [7, 11) is -2.07. The van der Waals surface area contributed by atoms with Gasteiger partial charge in [-0.3, -0.25) is 4.79 Å². The van der Waals surface area contributed by atoms with Crippen LogP contribution in [-0.4, -0.2) is 25.2 Å². The van der Waals surface area contributed by atoms with Gasteiger partial charge >= 0.3 is 5.97 Å². The van der Waals surface area contributed by atoms with Gasteiger partial charge in [0.25, 0.3) is 0 Å². The molecule has 166 valence electrons. The Balaban J connectivity index is 2.57. The largest absolute Gasteiger partial charge is 0.462 e. The number of ether oxygens (including phenoxy) is 1. The van der Waals surface area contributed by atoms with Gasteiger partial charge in [0.1, 0.15) is 25.3 Å². The van der Waals surface area contributed by atoms with E-state index in [2.05, 4.69) is 11.5 Å². The van der Waals surface area contributed by atoms with Crippen LogP contribution in [0, 0.1) is 34.7 Å². The number of carbonyl (C=O) groups excluding carboxylic acids is 1. The van der Waals surface area contributed by atoms with Crippen molar-refractivity contribution < 1.29 is 27.1 Å². The summed E-state index contributed by atoms with van der Waals surface area (Å²) < 4.78 is 63.3. The highest BCUT2D eigenvalue weighted by Crippen LogP contribution is 2.27. The molecular formula is C23H19F4NO3Si. The zero-order valence-corrected chi connectivity index (χ0v) is 18.8. The number of rotatable bonds is 3. The SMILES string of the molecule is CCOC(=O)c1cn(-c2ccc(F)cc2F)c2c(C#C[Si](C)(C)C)c(F)c(F)cc2c1=O. The molecule has 0 unspecified atom stereocenters. The predicted octanol–water partition coefficient (Wildman–Crippen LogP) is 4.95. The monoisotopic (exact) mass is 461 g/mol. The Labute approximate surface area is 182 Å². The normalized spacial score (nSPS) is 11.2. The summed E-state index contributed by atoms with van der Waals surface area (Å²) in [5.41, 5.74) is 0.475. The lowest BCUT2D eigenvalue weighted by Gasteiger charge is -2.16. The molecule has 1 heterocycles. The van der Waals surface area contributed by atoms with Crippen LogP contribution in [0.3, 0.4) is 0 Å². The van der Waals surface area contributed by atoms with E-state index >= 15 is 0 Å². The van der Waals surface area contributed by atoms with E-state index in [0.29, 0.717) is 12.1 Å². The molecule has 0 radical (unpaired) electrons. The lowest BCUT2D eigenvalue weighted by Crippen LogP contribution is -2.22. The van der Waals surface area contributed by atoms with Crippen LogP contribution in [0.4, 0.5) is 17.6 Å². The molecule has 0 amide bonds. The van der Waals surface area contributed by atoms with Gasteiger partial charge in [0.15, 0.2) is 11.6 Å². The Morgan fingerprint density at radius 1 is 1.09 bits per heavy atom. The van der Waals surface area contributed by atoms with Crippen LogP contribution in [-0.2, 0) is 4.74 Å². The molecule has 0 bridgehead atoms. The smallest absolute Gasteiger partial charge is 0.343 e. The van der Waals surface area contributed by atoms with E-state index in [1.165, 1.54) is 6.92 Å². The quantitative estimate of drug-likeness (QED) is 0.240. The van der Waals surface area contributed by atoms with Gasteiger partial charge in [0.2, 0.25) is 5.43 Å². The fourth-order valence-corrected chi connectivity index (χ4v) is 3.52. The molecule has 0 N–H and O–H groups in total. The maximum absolute atomic E-state index is 14.9. The van der Waals surface area contributed by atoms with Crippen molar-refractivity contribution in [2.45, 2.75) is 26.6 Å². The van der Waals surface area contributed by atoms with E-state index < -0.39 is 59.3 Å². The molecule has 32 heavy (non-hydrogen) atoms. The van der Waals surface area contributed by atoms with Gasteiger partial charge in [0, 0.05) is 12.3 Å². The fraction of sp³-hybridized carbons (Fsp3) is 0.217. The molecule has 3 rings (SSSR count). The molecular weight excluding hydrogens is 442 g/mol. The highest BCUT2D eigenvalue weighted by molar-refractivity contribution is 6.83. The van der Waals surface area contributed by atoms with Crippen molar-refractivity contribution in [1.29, 1.82) is 0 Å². The molecule has 0 saturated carbocycles. The predicted molar refractivity (Wildman–Crippen MR) is 116 cm³/mol. The summed E-state index contributed by atoms with van der Waals surface area (Å²) in [6, 6.07) is 3.24. The van der Waals surface area contributed by atoms with Crippen LogP contribution >= 0.6 is 0 Å². The van der Waals surface area contributed by atoms with Gasteiger partial charge in [-0.05, 0) is 25.1 Å². The van der Waals surface area contributed by atoms with Gasteiger partial charge < -0.3 is 9.30 Å². The molecule has 0 aliphatic rings. The van der Waals surface area contributed by atoms with Crippen molar-refractivity contribution in [3.63, 3.8) is 0 Å². The average molecular weight is 461 g/mol. The number of hydrogen-bond donors (Lipinski definition) is 0.